The second kappa shape index (κ2) is 13.4. The van der Waals surface area contributed by atoms with Gasteiger partial charge in [0.05, 0.1) is 33.1 Å². The minimum Gasteiger partial charge on any atom is -0.455 e. The van der Waals surface area contributed by atoms with Crippen molar-refractivity contribution in [1.29, 1.82) is 0 Å². The molecule has 0 aliphatic heterocycles. The minimum atomic E-state index is -0.425. The fourth-order valence-corrected chi connectivity index (χ4v) is 8.62. The van der Waals surface area contributed by atoms with Gasteiger partial charge in [-0.3, -0.25) is 0 Å². The molecule has 0 saturated carbocycles. The zero-order chi connectivity index (χ0) is 45.8. The number of fused-ring (bicyclic) bond motifs is 9. The van der Waals surface area contributed by atoms with Crippen LogP contribution in [0.15, 0.2) is 223 Å². The van der Waals surface area contributed by atoms with Gasteiger partial charge in [-0.1, -0.05) is 145 Å². The Morgan fingerprint density at radius 2 is 1.07 bits per heavy atom. The van der Waals surface area contributed by atoms with Gasteiger partial charge in [0, 0.05) is 38.6 Å². The molecule has 3 nitrogen and oxygen atoms in total. The van der Waals surface area contributed by atoms with Crippen LogP contribution >= 0.6 is 0 Å². The lowest BCUT2D eigenvalue weighted by molar-refractivity contribution is 0.672. The first kappa shape index (κ1) is 26.1. The minimum absolute atomic E-state index is 0.0879. The molecule has 0 fully saturated rings. The summed E-state index contributed by atoms with van der Waals surface area (Å²) in [5.74, 6) is 0. The molecular weight excluding hydrogens is 717 g/mol. The summed E-state index contributed by atoms with van der Waals surface area (Å²) in [6.07, 6.45) is 0. The van der Waals surface area contributed by atoms with Gasteiger partial charge in [0.1, 0.15) is 11.2 Å². The Morgan fingerprint density at radius 1 is 0.424 bits per heavy atom. The molecule has 2 heterocycles. The van der Waals surface area contributed by atoms with Gasteiger partial charge in [-0.2, -0.15) is 0 Å². The van der Waals surface area contributed by atoms with Crippen molar-refractivity contribution in [1.82, 2.24) is 4.57 Å². The number of anilines is 3. The van der Waals surface area contributed by atoms with Crippen LogP contribution in [0.5, 0.6) is 0 Å². The van der Waals surface area contributed by atoms with Crippen molar-refractivity contribution < 1.29 is 15.4 Å². The third-order valence-electron chi connectivity index (χ3n) is 11.3. The number of hydrogen-bond donors (Lipinski definition) is 0. The molecule has 0 aliphatic rings. The maximum atomic E-state index is 9.93. The van der Waals surface area contributed by atoms with Crippen LogP contribution in [-0.4, -0.2) is 4.57 Å². The Kier molecular flexibility index (Phi) is 5.92. The van der Waals surface area contributed by atoms with Gasteiger partial charge in [0.15, 0.2) is 0 Å². The van der Waals surface area contributed by atoms with Crippen molar-refractivity contribution in [3.8, 4) is 27.9 Å². The first-order valence-corrected chi connectivity index (χ1v) is 19.5. The number of benzene rings is 10. The maximum Gasteiger partial charge on any atom is 0.143 e. The second-order valence-electron chi connectivity index (χ2n) is 14.6. The van der Waals surface area contributed by atoms with Gasteiger partial charge >= 0.3 is 0 Å². The van der Waals surface area contributed by atoms with Crippen molar-refractivity contribution in [2.45, 2.75) is 0 Å². The third kappa shape index (κ3) is 5.36. The van der Waals surface area contributed by atoms with Gasteiger partial charge in [-0.15, -0.1) is 0 Å². The standard InChI is InChI=1S/C56H36N2O/c1-2-15-43(16-3-1)58-50-20-9-8-18-48(50)54-46(19-10-21-51(54)58)40-28-33-45(34-29-40)57(44-31-26-38(27-32-44)42-25-24-37-12-4-5-14-41(37)36-42)52-22-11-23-53-55(52)49-35-30-39-13-6-7-17-47(39)56(49)59-53/h1-36H/i26D,27D,28D,29D,31D,32D,33D,34D. The molecule has 10 aromatic carbocycles. The Bertz CT molecular complexity index is 3990. The molecule has 0 N–H and O–H groups in total. The summed E-state index contributed by atoms with van der Waals surface area (Å²) in [6.45, 7) is 0. The molecule has 12 aromatic rings. The molecule has 0 atom stereocenters. The van der Waals surface area contributed by atoms with Crippen LogP contribution in [-0.2, 0) is 0 Å². The van der Waals surface area contributed by atoms with E-state index in [1.54, 1.807) is 24.3 Å². The molecule has 0 bridgehead atoms. The molecule has 3 heteroatoms. The van der Waals surface area contributed by atoms with Crippen molar-refractivity contribution >= 4 is 82.4 Å². The van der Waals surface area contributed by atoms with E-state index >= 15 is 0 Å². The zero-order valence-electron chi connectivity index (χ0n) is 39.5. The Morgan fingerprint density at radius 3 is 1.88 bits per heavy atom. The van der Waals surface area contributed by atoms with Gasteiger partial charge in [0.2, 0.25) is 0 Å². The molecule has 12 rings (SSSR count). The quantitative estimate of drug-likeness (QED) is 0.168. The van der Waals surface area contributed by atoms with E-state index in [1.807, 2.05) is 146 Å². The number of hydrogen-bond acceptors (Lipinski definition) is 2. The van der Waals surface area contributed by atoms with Gasteiger partial charge in [-0.25, -0.2) is 0 Å². The highest BCUT2D eigenvalue weighted by molar-refractivity contribution is 6.20. The van der Waals surface area contributed by atoms with E-state index in [1.165, 1.54) is 4.90 Å². The number of para-hydroxylation sites is 2. The van der Waals surface area contributed by atoms with Crippen LogP contribution in [0.4, 0.5) is 17.1 Å². The van der Waals surface area contributed by atoms with E-state index in [0.717, 1.165) is 49.0 Å². The van der Waals surface area contributed by atoms with Gasteiger partial charge < -0.3 is 13.9 Å². The molecule has 0 radical (unpaired) electrons. The van der Waals surface area contributed by atoms with E-state index in [0.29, 0.717) is 38.8 Å². The molecule has 276 valence electrons. The SMILES string of the molecule is [2H]c1c([2H])c(N(c2c([2H])c([2H])c(-c3cccc4c3c3ccccc3n4-c3ccccc3)c([2H])c2[2H])c2cccc3oc4c5ccccc5ccc4c23)c([2H])c([2H])c1-c1ccc2ccccc2c1. The van der Waals surface area contributed by atoms with Crippen molar-refractivity contribution in [2.75, 3.05) is 4.90 Å². The highest BCUT2D eigenvalue weighted by Gasteiger charge is 2.21. The summed E-state index contributed by atoms with van der Waals surface area (Å²) >= 11 is 0. The zero-order valence-corrected chi connectivity index (χ0v) is 31.5. The number of aromatic nitrogens is 1. The fraction of sp³-hybridized carbons (Fsp3) is 0. The summed E-state index contributed by atoms with van der Waals surface area (Å²) in [5, 5.41) is 6.50. The summed E-state index contributed by atoms with van der Waals surface area (Å²) in [7, 11) is 0. The predicted molar refractivity (Wildman–Crippen MR) is 249 cm³/mol. The number of nitrogens with zero attached hydrogens (tertiary/aromatic N) is 2. The lowest BCUT2D eigenvalue weighted by atomic mass is 9.98. The second-order valence-corrected chi connectivity index (χ2v) is 14.6. The Hall–Kier alpha value is -7.88. The molecule has 0 aliphatic carbocycles. The van der Waals surface area contributed by atoms with Crippen molar-refractivity contribution in [3.63, 3.8) is 0 Å². The Labute approximate surface area is 352 Å². The molecule has 0 unspecified atom stereocenters. The molecule has 0 amide bonds. The summed E-state index contributed by atoms with van der Waals surface area (Å²) in [5.41, 5.74) is 4.73. The summed E-state index contributed by atoms with van der Waals surface area (Å²) in [6, 6.07) is 50.8. The molecular formula is C56H36N2O. The number of rotatable bonds is 6. The average Bonchev–Trinajstić information content (AvgIpc) is 3.92. The Balaban J connectivity index is 1.16. The van der Waals surface area contributed by atoms with E-state index < -0.39 is 24.2 Å². The highest BCUT2D eigenvalue weighted by Crippen LogP contribution is 2.46. The van der Waals surface area contributed by atoms with Crippen LogP contribution in [0.25, 0.3) is 93.2 Å². The van der Waals surface area contributed by atoms with E-state index in [2.05, 4.69) is 4.57 Å². The van der Waals surface area contributed by atoms with Crippen LogP contribution in [0.2, 0.25) is 0 Å². The van der Waals surface area contributed by atoms with Crippen LogP contribution in [0.1, 0.15) is 11.0 Å². The van der Waals surface area contributed by atoms with Crippen LogP contribution in [0, 0.1) is 0 Å². The number of furan rings is 1. The fourth-order valence-electron chi connectivity index (χ4n) is 8.62. The summed E-state index contributed by atoms with van der Waals surface area (Å²) in [4.78, 5) is 1.38. The molecule has 2 aromatic heterocycles. The molecule has 0 spiro atoms. The van der Waals surface area contributed by atoms with Crippen molar-refractivity contribution in [3.05, 3.63) is 218 Å². The monoisotopic (exact) mass is 760 g/mol. The smallest absolute Gasteiger partial charge is 0.143 e. The third-order valence-corrected chi connectivity index (χ3v) is 11.3. The van der Waals surface area contributed by atoms with E-state index in [9.17, 15) is 11.0 Å². The maximum absolute atomic E-state index is 9.93. The van der Waals surface area contributed by atoms with Crippen LogP contribution < -0.4 is 4.90 Å². The normalized spacial score (nSPS) is 13.6. The topological polar surface area (TPSA) is 21.3 Å². The highest BCUT2D eigenvalue weighted by atomic mass is 16.3. The first-order valence-electron chi connectivity index (χ1n) is 23.5. The van der Waals surface area contributed by atoms with Crippen LogP contribution in [0.3, 0.4) is 0 Å². The molecule has 59 heavy (non-hydrogen) atoms. The largest absolute Gasteiger partial charge is 0.455 e. The van der Waals surface area contributed by atoms with Gasteiger partial charge in [-0.05, 0) is 111 Å². The first-order chi connectivity index (χ1) is 32.6. The van der Waals surface area contributed by atoms with Gasteiger partial charge in [0.25, 0.3) is 0 Å². The van der Waals surface area contributed by atoms with E-state index in [4.69, 9.17) is 4.42 Å². The van der Waals surface area contributed by atoms with Crippen molar-refractivity contribution in [2.24, 2.45) is 0 Å². The average molecular weight is 761 g/mol. The summed E-state index contributed by atoms with van der Waals surface area (Å²) < 4.78 is 86.8. The van der Waals surface area contributed by atoms with E-state index in [-0.39, 0.29) is 46.7 Å². The lowest BCUT2D eigenvalue weighted by Gasteiger charge is -2.26. The predicted octanol–water partition coefficient (Wildman–Crippen LogP) is 15.8. The lowest BCUT2D eigenvalue weighted by Crippen LogP contribution is -2.10. The molecule has 0 saturated heterocycles.